The summed E-state index contributed by atoms with van der Waals surface area (Å²) < 4.78 is 24.8. The van der Waals surface area contributed by atoms with Gasteiger partial charge in [0.2, 0.25) is 10.0 Å². The molecule has 0 spiro atoms. The third-order valence-electron chi connectivity index (χ3n) is 4.28. The molecule has 1 aromatic carbocycles. The molecule has 0 aliphatic rings. The Morgan fingerprint density at radius 1 is 1.24 bits per heavy atom. The van der Waals surface area contributed by atoms with Crippen LogP contribution in [-0.2, 0) is 16.4 Å². The monoisotopic (exact) mass is 441 g/mol. The Hall–Kier alpha value is -2.01. The predicted molar refractivity (Wildman–Crippen MR) is 114 cm³/mol. The van der Waals surface area contributed by atoms with Crippen molar-refractivity contribution in [3.63, 3.8) is 0 Å². The number of hydrogen-bond acceptors (Lipinski definition) is 7. The molecule has 1 aromatic heterocycles. The van der Waals surface area contributed by atoms with Crippen LogP contribution in [0.25, 0.3) is 0 Å². The Morgan fingerprint density at radius 3 is 2.55 bits per heavy atom. The van der Waals surface area contributed by atoms with E-state index in [1.165, 1.54) is 5.38 Å². The van der Waals surface area contributed by atoms with Crippen LogP contribution in [0, 0.1) is 0 Å². The summed E-state index contributed by atoms with van der Waals surface area (Å²) in [6.45, 7) is 1.99. The van der Waals surface area contributed by atoms with Crippen molar-refractivity contribution in [3.8, 4) is 0 Å². The van der Waals surface area contributed by atoms with E-state index in [1.54, 1.807) is 0 Å². The zero-order valence-electron chi connectivity index (χ0n) is 16.4. The van der Waals surface area contributed by atoms with Crippen LogP contribution in [0.3, 0.4) is 0 Å². The lowest BCUT2D eigenvalue weighted by Gasteiger charge is -2.28. The number of carbonyl (C=O) groups is 1. The number of thiazole rings is 1. The van der Waals surface area contributed by atoms with E-state index in [2.05, 4.69) is 15.0 Å². The third kappa shape index (κ3) is 7.73. The highest BCUT2D eigenvalue weighted by atomic mass is 32.2. The molecule has 29 heavy (non-hydrogen) atoms. The summed E-state index contributed by atoms with van der Waals surface area (Å²) in [5, 5.41) is 25.2. The normalized spacial score (nSPS) is 14.8. The molecule has 10 heteroatoms. The van der Waals surface area contributed by atoms with Gasteiger partial charge < -0.3 is 15.5 Å². The fourth-order valence-corrected chi connectivity index (χ4v) is 4.35. The smallest absolute Gasteiger partial charge is 0.271 e. The standard InChI is InChI=1S/C19H27N3O5S2/c1-3-4-10-16(23)17(24)14(11-13-8-6-5-7-9-13)20-18(25)15-12-28-19(21-15)22-29(2,26)27/h5-9,12,14,16-17,23-24H,3-4,10-11H2,1-2H3,(H,20,25)(H,21,22). The molecule has 0 aliphatic heterocycles. The quantitative estimate of drug-likeness (QED) is 0.421. The van der Waals surface area contributed by atoms with E-state index in [9.17, 15) is 23.4 Å². The molecule has 8 nitrogen and oxygen atoms in total. The van der Waals surface area contributed by atoms with Gasteiger partial charge >= 0.3 is 0 Å². The molecule has 0 saturated carbocycles. The molecule has 2 rings (SSSR count). The van der Waals surface area contributed by atoms with E-state index in [-0.39, 0.29) is 10.8 Å². The SMILES string of the molecule is CCCCC(O)C(O)C(Cc1ccccc1)NC(=O)c1csc(NS(C)(=O)=O)n1. The van der Waals surface area contributed by atoms with E-state index in [0.717, 1.165) is 36.0 Å². The van der Waals surface area contributed by atoms with Crippen molar-refractivity contribution in [1.29, 1.82) is 0 Å². The molecule has 1 amide bonds. The fourth-order valence-electron chi connectivity index (χ4n) is 2.80. The Bertz CT molecular complexity index is 886. The van der Waals surface area contributed by atoms with Crippen LogP contribution >= 0.6 is 11.3 Å². The first-order valence-electron chi connectivity index (χ1n) is 9.34. The molecule has 0 aliphatic carbocycles. The number of hydrogen-bond donors (Lipinski definition) is 4. The third-order valence-corrected chi connectivity index (χ3v) is 5.74. The second-order valence-electron chi connectivity index (χ2n) is 6.88. The highest BCUT2D eigenvalue weighted by Gasteiger charge is 2.28. The van der Waals surface area contributed by atoms with E-state index < -0.39 is 34.2 Å². The van der Waals surface area contributed by atoms with Crippen LogP contribution in [0.5, 0.6) is 0 Å². The van der Waals surface area contributed by atoms with Crippen molar-refractivity contribution in [1.82, 2.24) is 10.3 Å². The summed E-state index contributed by atoms with van der Waals surface area (Å²) >= 11 is 0.988. The Labute approximate surface area is 175 Å². The maximum Gasteiger partial charge on any atom is 0.271 e. The van der Waals surface area contributed by atoms with E-state index in [0.29, 0.717) is 12.8 Å². The Balaban J connectivity index is 2.14. The van der Waals surface area contributed by atoms with Crippen molar-refractivity contribution < 1.29 is 23.4 Å². The van der Waals surface area contributed by atoms with Crippen molar-refractivity contribution >= 4 is 32.4 Å². The number of nitrogens with zero attached hydrogens (tertiary/aromatic N) is 1. The molecular formula is C19H27N3O5S2. The van der Waals surface area contributed by atoms with Gasteiger partial charge in [-0.1, -0.05) is 50.1 Å². The minimum absolute atomic E-state index is 0.0365. The maximum atomic E-state index is 12.6. The van der Waals surface area contributed by atoms with Gasteiger partial charge in [-0.25, -0.2) is 13.4 Å². The van der Waals surface area contributed by atoms with Crippen LogP contribution in [0.1, 0.15) is 42.2 Å². The van der Waals surface area contributed by atoms with Crippen LogP contribution in [0.2, 0.25) is 0 Å². The van der Waals surface area contributed by atoms with Gasteiger partial charge in [-0.3, -0.25) is 9.52 Å². The zero-order chi connectivity index (χ0) is 21.4. The van der Waals surface area contributed by atoms with E-state index in [4.69, 9.17) is 0 Å². The molecule has 0 bridgehead atoms. The van der Waals surface area contributed by atoms with Crippen molar-refractivity contribution in [2.75, 3.05) is 11.0 Å². The number of sulfonamides is 1. The number of aromatic nitrogens is 1. The van der Waals surface area contributed by atoms with Gasteiger partial charge in [-0.15, -0.1) is 11.3 Å². The number of aliphatic hydroxyl groups is 2. The second kappa shape index (κ2) is 10.7. The lowest BCUT2D eigenvalue weighted by molar-refractivity contribution is -0.00817. The average Bonchev–Trinajstić information content (AvgIpc) is 3.12. The van der Waals surface area contributed by atoms with Crippen LogP contribution < -0.4 is 10.0 Å². The lowest BCUT2D eigenvalue weighted by atomic mass is 9.95. The number of unbranched alkanes of at least 4 members (excludes halogenated alkanes) is 1. The molecule has 160 valence electrons. The van der Waals surface area contributed by atoms with Gasteiger partial charge in [0.05, 0.1) is 18.4 Å². The van der Waals surface area contributed by atoms with Gasteiger partial charge in [0.15, 0.2) is 5.13 Å². The summed E-state index contributed by atoms with van der Waals surface area (Å²) in [5.41, 5.74) is 0.937. The summed E-state index contributed by atoms with van der Waals surface area (Å²) in [6, 6.07) is 8.61. The largest absolute Gasteiger partial charge is 0.390 e. The summed E-state index contributed by atoms with van der Waals surface area (Å²) in [7, 11) is -3.49. The highest BCUT2D eigenvalue weighted by Crippen LogP contribution is 2.18. The zero-order valence-corrected chi connectivity index (χ0v) is 18.0. The molecule has 0 saturated heterocycles. The summed E-state index contributed by atoms with van der Waals surface area (Å²) in [5.74, 6) is -0.550. The number of rotatable bonds is 11. The van der Waals surface area contributed by atoms with E-state index >= 15 is 0 Å². The predicted octanol–water partition coefficient (Wildman–Crippen LogP) is 1.77. The Morgan fingerprint density at radius 2 is 1.93 bits per heavy atom. The molecule has 1 heterocycles. The second-order valence-corrected chi connectivity index (χ2v) is 9.49. The molecule has 0 fully saturated rings. The molecule has 2 aromatic rings. The average molecular weight is 442 g/mol. The molecule has 0 radical (unpaired) electrons. The topological polar surface area (TPSA) is 129 Å². The summed E-state index contributed by atoms with van der Waals surface area (Å²) in [4.78, 5) is 16.6. The fraction of sp³-hybridized carbons (Fsp3) is 0.474. The number of anilines is 1. The highest BCUT2D eigenvalue weighted by molar-refractivity contribution is 7.92. The first kappa shape index (κ1) is 23.3. The van der Waals surface area contributed by atoms with Crippen LogP contribution in [0.4, 0.5) is 5.13 Å². The molecule has 4 N–H and O–H groups in total. The van der Waals surface area contributed by atoms with Crippen LogP contribution in [0.15, 0.2) is 35.7 Å². The number of benzene rings is 1. The molecule has 3 atom stereocenters. The number of nitrogens with one attached hydrogen (secondary N) is 2. The Kier molecular flexibility index (Phi) is 8.57. The van der Waals surface area contributed by atoms with E-state index in [1.807, 2.05) is 37.3 Å². The minimum Gasteiger partial charge on any atom is -0.390 e. The van der Waals surface area contributed by atoms with Crippen LogP contribution in [-0.4, -0.2) is 54.0 Å². The number of aliphatic hydroxyl groups excluding tert-OH is 2. The van der Waals surface area contributed by atoms with Gasteiger partial charge in [-0.05, 0) is 18.4 Å². The lowest BCUT2D eigenvalue weighted by Crippen LogP contribution is -2.49. The van der Waals surface area contributed by atoms with Gasteiger partial charge in [0, 0.05) is 5.38 Å². The maximum absolute atomic E-state index is 12.6. The van der Waals surface area contributed by atoms with Gasteiger partial charge in [-0.2, -0.15) is 0 Å². The summed E-state index contributed by atoms with van der Waals surface area (Å²) in [6.07, 6.45) is 1.27. The minimum atomic E-state index is -3.49. The van der Waals surface area contributed by atoms with Crippen molar-refractivity contribution in [3.05, 3.63) is 47.0 Å². The van der Waals surface area contributed by atoms with Gasteiger partial charge in [0.25, 0.3) is 5.91 Å². The van der Waals surface area contributed by atoms with Gasteiger partial charge in [0.1, 0.15) is 11.8 Å². The molecule has 3 unspecified atom stereocenters. The number of carbonyl (C=O) groups excluding carboxylic acids is 1. The first-order chi connectivity index (χ1) is 13.7. The first-order valence-corrected chi connectivity index (χ1v) is 12.1. The van der Waals surface area contributed by atoms with Crippen molar-refractivity contribution in [2.45, 2.75) is 50.9 Å². The number of amides is 1. The molecular weight excluding hydrogens is 414 g/mol. The van der Waals surface area contributed by atoms with Crippen molar-refractivity contribution in [2.24, 2.45) is 0 Å².